The van der Waals surface area contributed by atoms with Gasteiger partial charge < -0.3 is 5.11 Å². The van der Waals surface area contributed by atoms with Gasteiger partial charge in [0, 0.05) is 11.6 Å². The van der Waals surface area contributed by atoms with Crippen LogP contribution in [-0.4, -0.2) is 24.5 Å². The number of nitrogens with zero attached hydrogens (tertiary/aromatic N) is 1. The summed E-state index contributed by atoms with van der Waals surface area (Å²) in [7, 11) is -3.83. The normalized spacial score (nSPS) is 11.3. The molecule has 0 fully saturated rings. The molecule has 3 rings (SSSR count). The van der Waals surface area contributed by atoms with Gasteiger partial charge in [-0.15, -0.1) is 0 Å². The number of para-hydroxylation sites is 1. The fraction of sp³-hybridized carbons (Fsp3) is 0. The summed E-state index contributed by atoms with van der Waals surface area (Å²) in [5.41, 5.74) is 0.932. The van der Waals surface area contributed by atoms with E-state index < -0.39 is 16.0 Å². The Hall–Kier alpha value is -2.93. The van der Waals surface area contributed by atoms with Gasteiger partial charge in [0.15, 0.2) is 0 Å². The minimum absolute atomic E-state index is 0.0181. The number of hydrogen-bond donors (Lipinski definition) is 2. The van der Waals surface area contributed by atoms with Crippen molar-refractivity contribution in [3.05, 3.63) is 66.4 Å². The molecule has 0 amide bonds. The number of fused-ring (bicyclic) bond motifs is 1. The number of rotatable bonds is 4. The van der Waals surface area contributed by atoms with Crippen LogP contribution in [0.2, 0.25) is 0 Å². The summed E-state index contributed by atoms with van der Waals surface area (Å²) in [5.74, 6) is -1.11. The Bertz CT molecular complexity index is 977. The smallest absolute Gasteiger partial charge is 0.335 e. The summed E-state index contributed by atoms with van der Waals surface area (Å²) in [6.07, 6.45) is 1.59. The Balaban J connectivity index is 1.98. The molecule has 116 valence electrons. The second-order valence-electron chi connectivity index (χ2n) is 4.82. The standard InChI is InChI=1S/C16H12N2O4S/c19-16(20)12-6-8-13(9-7-12)23(21,22)18-14-5-1-3-11-4-2-10-17-15(11)14/h1-10,18H,(H,19,20). The number of carboxylic acid groups (broad SMARTS) is 1. The lowest BCUT2D eigenvalue weighted by molar-refractivity contribution is 0.0696. The highest BCUT2D eigenvalue weighted by Gasteiger charge is 2.16. The van der Waals surface area contributed by atoms with Crippen LogP contribution in [0.25, 0.3) is 10.9 Å². The molecule has 0 aliphatic carbocycles. The van der Waals surface area contributed by atoms with E-state index in [4.69, 9.17) is 5.11 Å². The monoisotopic (exact) mass is 328 g/mol. The van der Waals surface area contributed by atoms with Crippen molar-refractivity contribution in [3.8, 4) is 0 Å². The van der Waals surface area contributed by atoms with Crippen molar-refractivity contribution >= 4 is 32.6 Å². The Morgan fingerprint density at radius 3 is 2.39 bits per heavy atom. The number of carbonyl (C=O) groups is 1. The molecule has 0 aliphatic heterocycles. The highest BCUT2D eigenvalue weighted by Crippen LogP contribution is 2.23. The second kappa shape index (κ2) is 5.69. The highest BCUT2D eigenvalue weighted by atomic mass is 32.2. The van der Waals surface area contributed by atoms with Gasteiger partial charge in [-0.05, 0) is 36.4 Å². The zero-order valence-electron chi connectivity index (χ0n) is 11.8. The molecule has 0 spiro atoms. The third kappa shape index (κ3) is 3.00. The van der Waals surface area contributed by atoms with Gasteiger partial charge in [0.25, 0.3) is 10.0 Å². The van der Waals surface area contributed by atoms with E-state index in [1.807, 2.05) is 12.1 Å². The summed E-state index contributed by atoms with van der Waals surface area (Å²) in [6, 6.07) is 13.8. The number of aromatic nitrogens is 1. The van der Waals surface area contributed by atoms with Crippen LogP contribution in [0, 0.1) is 0 Å². The van der Waals surface area contributed by atoms with Crippen molar-refractivity contribution in [3.63, 3.8) is 0 Å². The van der Waals surface area contributed by atoms with Crippen LogP contribution < -0.4 is 4.72 Å². The average Bonchev–Trinajstić information content (AvgIpc) is 2.55. The fourth-order valence-corrected chi connectivity index (χ4v) is 3.23. The van der Waals surface area contributed by atoms with Crippen LogP contribution in [0.5, 0.6) is 0 Å². The van der Waals surface area contributed by atoms with E-state index in [1.165, 1.54) is 24.3 Å². The average molecular weight is 328 g/mol. The first-order valence-electron chi connectivity index (χ1n) is 6.67. The predicted octanol–water partition coefficient (Wildman–Crippen LogP) is 2.73. The van der Waals surface area contributed by atoms with Gasteiger partial charge in [0.1, 0.15) is 0 Å². The molecule has 0 saturated carbocycles. The maximum atomic E-state index is 12.4. The lowest BCUT2D eigenvalue weighted by Gasteiger charge is -2.10. The van der Waals surface area contributed by atoms with Gasteiger partial charge in [0.05, 0.1) is 21.7 Å². The Kier molecular flexibility index (Phi) is 3.71. The summed E-state index contributed by atoms with van der Waals surface area (Å²) in [5, 5.41) is 9.67. The summed E-state index contributed by atoms with van der Waals surface area (Å²) in [4.78, 5) is 15.0. The molecule has 23 heavy (non-hydrogen) atoms. The number of sulfonamides is 1. The van der Waals surface area contributed by atoms with Gasteiger partial charge in [-0.1, -0.05) is 18.2 Å². The number of benzene rings is 2. The second-order valence-corrected chi connectivity index (χ2v) is 6.50. The molecule has 0 radical (unpaired) electrons. The van der Waals surface area contributed by atoms with Crippen molar-refractivity contribution < 1.29 is 18.3 Å². The SMILES string of the molecule is O=C(O)c1ccc(S(=O)(=O)Nc2cccc3cccnc23)cc1. The van der Waals surface area contributed by atoms with Gasteiger partial charge >= 0.3 is 5.97 Å². The molecule has 0 aliphatic rings. The van der Waals surface area contributed by atoms with Crippen LogP contribution in [0.15, 0.2) is 65.7 Å². The molecule has 0 saturated heterocycles. The largest absolute Gasteiger partial charge is 0.478 e. The van der Waals surface area contributed by atoms with Crippen molar-refractivity contribution in [2.45, 2.75) is 4.90 Å². The first-order valence-corrected chi connectivity index (χ1v) is 8.16. The summed E-state index contributed by atoms with van der Waals surface area (Å²) < 4.78 is 27.4. The van der Waals surface area contributed by atoms with Crippen LogP contribution in [0.4, 0.5) is 5.69 Å². The zero-order valence-corrected chi connectivity index (χ0v) is 12.6. The maximum absolute atomic E-state index is 12.4. The molecular formula is C16H12N2O4S. The molecule has 3 aromatic rings. The molecule has 2 N–H and O–H groups in total. The minimum atomic E-state index is -3.83. The number of aromatic carboxylic acids is 1. The van der Waals surface area contributed by atoms with E-state index in [0.717, 1.165) is 5.39 Å². The van der Waals surface area contributed by atoms with E-state index in [0.29, 0.717) is 11.2 Å². The maximum Gasteiger partial charge on any atom is 0.335 e. The molecule has 0 unspecified atom stereocenters. The van der Waals surface area contributed by atoms with Crippen molar-refractivity contribution in [1.82, 2.24) is 4.98 Å². The lowest BCUT2D eigenvalue weighted by Crippen LogP contribution is -2.13. The topological polar surface area (TPSA) is 96.4 Å². The molecular weight excluding hydrogens is 316 g/mol. The summed E-state index contributed by atoms with van der Waals surface area (Å²) >= 11 is 0. The molecule has 1 aromatic heterocycles. The molecule has 1 heterocycles. The van der Waals surface area contributed by atoms with E-state index in [-0.39, 0.29) is 10.5 Å². The number of anilines is 1. The Morgan fingerprint density at radius 2 is 1.70 bits per heavy atom. The van der Waals surface area contributed by atoms with Gasteiger partial charge in [-0.2, -0.15) is 0 Å². The molecule has 0 atom stereocenters. The van der Waals surface area contributed by atoms with E-state index in [1.54, 1.807) is 24.4 Å². The third-order valence-corrected chi connectivity index (χ3v) is 4.67. The number of nitrogens with one attached hydrogen (secondary N) is 1. The van der Waals surface area contributed by atoms with E-state index in [2.05, 4.69) is 9.71 Å². The van der Waals surface area contributed by atoms with Crippen LogP contribution in [-0.2, 0) is 10.0 Å². The molecule has 0 bridgehead atoms. The van der Waals surface area contributed by atoms with E-state index in [9.17, 15) is 13.2 Å². The summed E-state index contributed by atoms with van der Waals surface area (Å²) in [6.45, 7) is 0. The zero-order chi connectivity index (χ0) is 16.4. The van der Waals surface area contributed by atoms with Crippen molar-refractivity contribution in [1.29, 1.82) is 0 Å². The van der Waals surface area contributed by atoms with Crippen molar-refractivity contribution in [2.24, 2.45) is 0 Å². The minimum Gasteiger partial charge on any atom is -0.478 e. The quantitative estimate of drug-likeness (QED) is 0.767. The van der Waals surface area contributed by atoms with E-state index >= 15 is 0 Å². The number of hydrogen-bond acceptors (Lipinski definition) is 4. The number of pyridine rings is 1. The van der Waals surface area contributed by atoms with Crippen molar-refractivity contribution in [2.75, 3.05) is 4.72 Å². The first kappa shape index (κ1) is 15.0. The van der Waals surface area contributed by atoms with Gasteiger partial charge in [-0.3, -0.25) is 9.71 Å². The lowest BCUT2D eigenvalue weighted by atomic mass is 10.2. The van der Waals surface area contributed by atoms with Gasteiger partial charge in [0.2, 0.25) is 0 Å². The first-order chi connectivity index (χ1) is 11.0. The Morgan fingerprint density at radius 1 is 1.00 bits per heavy atom. The fourth-order valence-electron chi connectivity index (χ4n) is 2.17. The molecule has 6 nitrogen and oxygen atoms in total. The molecule has 2 aromatic carbocycles. The van der Waals surface area contributed by atoms with Gasteiger partial charge in [-0.25, -0.2) is 13.2 Å². The van der Waals surface area contributed by atoms with Crippen LogP contribution in [0.1, 0.15) is 10.4 Å². The Labute approximate surface area is 132 Å². The van der Waals surface area contributed by atoms with Crippen LogP contribution in [0.3, 0.4) is 0 Å². The predicted molar refractivity (Wildman–Crippen MR) is 86.0 cm³/mol. The number of carboxylic acids is 1. The van der Waals surface area contributed by atoms with Crippen LogP contribution >= 0.6 is 0 Å². The third-order valence-electron chi connectivity index (χ3n) is 3.29. The molecule has 7 heteroatoms. The highest BCUT2D eigenvalue weighted by molar-refractivity contribution is 7.92.